The summed E-state index contributed by atoms with van der Waals surface area (Å²) in [4.78, 5) is 0. The van der Waals surface area contributed by atoms with Crippen LogP contribution >= 0.6 is 15.9 Å². The Bertz CT molecular complexity index is 1370. The molecular formula is C26H19BrN4. The van der Waals surface area contributed by atoms with Crippen LogP contribution in [0.2, 0.25) is 0 Å². The first-order valence-corrected chi connectivity index (χ1v) is 11.0. The summed E-state index contributed by atoms with van der Waals surface area (Å²) >= 11 is 3.61. The van der Waals surface area contributed by atoms with Gasteiger partial charge < -0.3 is 10.6 Å². The number of rotatable bonds is 3. The largest absolute Gasteiger partial charge is 0.361 e. The molecule has 31 heavy (non-hydrogen) atoms. The zero-order valence-corrected chi connectivity index (χ0v) is 18.2. The molecule has 0 radical (unpaired) electrons. The fraction of sp³-hybridized carbons (Fsp3) is 0.0385. The number of hydrogen-bond donors (Lipinski definition) is 2. The van der Waals surface area contributed by atoms with Crippen LogP contribution in [0.25, 0.3) is 27.7 Å². The molecule has 2 heterocycles. The van der Waals surface area contributed by atoms with E-state index in [9.17, 15) is 0 Å². The first-order valence-electron chi connectivity index (χ1n) is 10.2. The summed E-state index contributed by atoms with van der Waals surface area (Å²) in [6.07, 6.45) is 2.01. The first kappa shape index (κ1) is 18.2. The monoisotopic (exact) mass is 466 g/mol. The highest BCUT2D eigenvalue weighted by Crippen LogP contribution is 2.40. The van der Waals surface area contributed by atoms with Crippen LogP contribution in [-0.2, 0) is 0 Å². The van der Waals surface area contributed by atoms with Crippen molar-refractivity contribution in [3.63, 3.8) is 0 Å². The van der Waals surface area contributed by atoms with E-state index in [0.717, 1.165) is 38.4 Å². The Labute approximate surface area is 188 Å². The van der Waals surface area contributed by atoms with Crippen LogP contribution in [-0.4, -0.2) is 9.78 Å². The molecule has 6 rings (SSSR count). The Morgan fingerprint density at radius 3 is 2.19 bits per heavy atom. The van der Waals surface area contributed by atoms with Crippen molar-refractivity contribution in [1.82, 2.24) is 9.78 Å². The minimum absolute atomic E-state index is 0.105. The van der Waals surface area contributed by atoms with Crippen molar-refractivity contribution in [2.75, 3.05) is 10.6 Å². The summed E-state index contributed by atoms with van der Waals surface area (Å²) in [6.45, 7) is 0. The van der Waals surface area contributed by atoms with Crippen LogP contribution in [0.15, 0.2) is 102 Å². The standard InChI is InChI=1S/C26H19BrN4/c27-19-10-4-9-18(15-19)25-21(16-31(30-25)20-11-2-1-3-12-20)26-28-22-13-5-7-17-8-6-14-23(29-26)24(17)22/h1-16,26,28-29H. The van der Waals surface area contributed by atoms with Gasteiger partial charge in [0.05, 0.1) is 11.4 Å². The van der Waals surface area contributed by atoms with Crippen LogP contribution in [0.3, 0.4) is 0 Å². The summed E-state index contributed by atoms with van der Waals surface area (Å²) in [5.41, 5.74) is 6.40. The average molecular weight is 467 g/mol. The van der Waals surface area contributed by atoms with Gasteiger partial charge in [-0.1, -0.05) is 70.5 Å². The van der Waals surface area contributed by atoms with Gasteiger partial charge in [-0.2, -0.15) is 5.10 Å². The van der Waals surface area contributed by atoms with E-state index in [-0.39, 0.29) is 6.17 Å². The zero-order chi connectivity index (χ0) is 20.8. The number of benzene rings is 4. The molecule has 0 amide bonds. The summed E-state index contributed by atoms with van der Waals surface area (Å²) in [5.74, 6) is 0. The number of nitrogens with one attached hydrogen (secondary N) is 2. The molecule has 0 bridgehead atoms. The van der Waals surface area contributed by atoms with Crippen molar-refractivity contribution in [2.45, 2.75) is 6.17 Å². The second kappa shape index (κ2) is 7.29. The molecule has 0 saturated carbocycles. The van der Waals surface area contributed by atoms with E-state index < -0.39 is 0 Å². The molecule has 1 aliphatic heterocycles. The molecule has 2 N–H and O–H groups in total. The van der Waals surface area contributed by atoms with Crippen molar-refractivity contribution < 1.29 is 0 Å². The van der Waals surface area contributed by atoms with E-state index in [1.807, 2.05) is 35.0 Å². The molecular weight excluding hydrogens is 448 g/mol. The van der Waals surface area contributed by atoms with E-state index in [2.05, 4.69) is 93.4 Å². The fourth-order valence-electron chi connectivity index (χ4n) is 4.26. The Balaban J connectivity index is 1.51. The molecule has 0 saturated heterocycles. The van der Waals surface area contributed by atoms with Gasteiger partial charge in [-0.3, -0.25) is 0 Å². The Morgan fingerprint density at radius 1 is 0.774 bits per heavy atom. The predicted molar refractivity (Wildman–Crippen MR) is 131 cm³/mol. The SMILES string of the molecule is Brc1cccc(-c2nn(-c3ccccc3)cc2C2Nc3cccc4cccc(c34)N2)c1. The third-order valence-corrected chi connectivity index (χ3v) is 6.17. The smallest absolute Gasteiger partial charge is 0.127 e. The Morgan fingerprint density at radius 2 is 1.48 bits per heavy atom. The van der Waals surface area contributed by atoms with Crippen LogP contribution < -0.4 is 10.6 Å². The number of para-hydroxylation sites is 1. The lowest BCUT2D eigenvalue weighted by Crippen LogP contribution is -2.23. The molecule has 5 aromatic rings. The maximum atomic E-state index is 4.99. The molecule has 0 aliphatic carbocycles. The summed E-state index contributed by atoms with van der Waals surface area (Å²) in [6, 6.07) is 31.3. The number of halogens is 1. The molecule has 0 atom stereocenters. The minimum atomic E-state index is -0.105. The third-order valence-electron chi connectivity index (χ3n) is 5.68. The van der Waals surface area contributed by atoms with Crippen LogP contribution in [0.1, 0.15) is 11.7 Å². The molecule has 4 aromatic carbocycles. The van der Waals surface area contributed by atoms with Gasteiger partial charge in [0.25, 0.3) is 0 Å². The van der Waals surface area contributed by atoms with E-state index in [4.69, 9.17) is 5.10 Å². The summed E-state index contributed by atoms with van der Waals surface area (Å²) in [7, 11) is 0. The number of anilines is 2. The van der Waals surface area contributed by atoms with E-state index >= 15 is 0 Å². The number of aromatic nitrogens is 2. The van der Waals surface area contributed by atoms with E-state index in [1.165, 1.54) is 10.8 Å². The van der Waals surface area contributed by atoms with Gasteiger partial charge in [0, 0.05) is 38.6 Å². The molecule has 0 unspecified atom stereocenters. The average Bonchev–Trinajstić information content (AvgIpc) is 3.26. The molecule has 5 heteroatoms. The second-order valence-electron chi connectivity index (χ2n) is 7.65. The Kier molecular flexibility index (Phi) is 4.28. The molecule has 150 valence electrons. The molecule has 1 aromatic heterocycles. The minimum Gasteiger partial charge on any atom is -0.361 e. The van der Waals surface area contributed by atoms with Crippen LogP contribution in [0.5, 0.6) is 0 Å². The van der Waals surface area contributed by atoms with Crippen LogP contribution in [0, 0.1) is 0 Å². The van der Waals surface area contributed by atoms with Gasteiger partial charge in [-0.25, -0.2) is 4.68 Å². The van der Waals surface area contributed by atoms with Crippen molar-refractivity contribution in [1.29, 1.82) is 0 Å². The lowest BCUT2D eigenvalue weighted by atomic mass is 10.0. The van der Waals surface area contributed by atoms with Crippen molar-refractivity contribution in [3.8, 4) is 16.9 Å². The van der Waals surface area contributed by atoms with Gasteiger partial charge in [0.2, 0.25) is 0 Å². The predicted octanol–water partition coefficient (Wildman–Crippen LogP) is 6.99. The van der Waals surface area contributed by atoms with Crippen LogP contribution in [0.4, 0.5) is 11.4 Å². The van der Waals surface area contributed by atoms with Crippen molar-refractivity contribution in [3.05, 3.63) is 107 Å². The lowest BCUT2D eigenvalue weighted by molar-refractivity contribution is 0.873. The number of nitrogens with zero attached hydrogens (tertiary/aromatic N) is 2. The van der Waals surface area contributed by atoms with Crippen molar-refractivity contribution in [2.24, 2.45) is 0 Å². The number of hydrogen-bond acceptors (Lipinski definition) is 3. The second-order valence-corrected chi connectivity index (χ2v) is 8.57. The lowest BCUT2D eigenvalue weighted by Gasteiger charge is -2.29. The maximum Gasteiger partial charge on any atom is 0.127 e. The van der Waals surface area contributed by atoms with E-state index in [1.54, 1.807) is 0 Å². The normalized spacial score (nSPS) is 13.1. The maximum absolute atomic E-state index is 4.99. The van der Waals surface area contributed by atoms with Crippen molar-refractivity contribution >= 4 is 38.1 Å². The highest BCUT2D eigenvalue weighted by molar-refractivity contribution is 9.10. The highest BCUT2D eigenvalue weighted by atomic mass is 79.9. The highest BCUT2D eigenvalue weighted by Gasteiger charge is 2.25. The quantitative estimate of drug-likeness (QED) is 0.301. The third kappa shape index (κ3) is 3.18. The van der Waals surface area contributed by atoms with Gasteiger partial charge in [0.1, 0.15) is 6.17 Å². The van der Waals surface area contributed by atoms with Gasteiger partial charge in [-0.15, -0.1) is 0 Å². The fourth-order valence-corrected chi connectivity index (χ4v) is 4.66. The summed E-state index contributed by atoms with van der Waals surface area (Å²) in [5, 5.41) is 14.8. The topological polar surface area (TPSA) is 41.9 Å². The summed E-state index contributed by atoms with van der Waals surface area (Å²) < 4.78 is 2.99. The first-order chi connectivity index (χ1) is 15.3. The van der Waals surface area contributed by atoms with E-state index in [0.29, 0.717) is 0 Å². The Hall–Kier alpha value is -3.57. The molecule has 0 spiro atoms. The van der Waals surface area contributed by atoms with Gasteiger partial charge >= 0.3 is 0 Å². The molecule has 4 nitrogen and oxygen atoms in total. The molecule has 0 fully saturated rings. The molecule has 1 aliphatic rings. The van der Waals surface area contributed by atoms with Gasteiger partial charge in [0.15, 0.2) is 0 Å². The van der Waals surface area contributed by atoms with Gasteiger partial charge in [-0.05, 0) is 41.8 Å². The zero-order valence-electron chi connectivity index (χ0n) is 16.6.